The molecule has 27 heavy (non-hydrogen) atoms. The highest BCUT2D eigenvalue weighted by molar-refractivity contribution is 5.94. The van der Waals surface area contributed by atoms with E-state index >= 15 is 0 Å². The van der Waals surface area contributed by atoms with Crippen molar-refractivity contribution < 1.29 is 18.7 Å². The topological polar surface area (TPSA) is 68.5 Å². The van der Waals surface area contributed by atoms with Gasteiger partial charge in [0, 0.05) is 6.42 Å². The number of benzene rings is 1. The summed E-state index contributed by atoms with van der Waals surface area (Å²) in [6.45, 7) is 10.2. The molecule has 5 nitrogen and oxygen atoms in total. The molecule has 1 amide bonds. The van der Waals surface area contributed by atoms with Crippen molar-refractivity contribution in [2.45, 2.75) is 53.5 Å². The summed E-state index contributed by atoms with van der Waals surface area (Å²) in [5.41, 5.74) is 4.84. The van der Waals surface area contributed by atoms with Gasteiger partial charge in [-0.3, -0.25) is 4.79 Å². The molecule has 1 N–H and O–H groups in total. The molecule has 0 spiro atoms. The van der Waals surface area contributed by atoms with E-state index in [1.54, 1.807) is 6.07 Å². The van der Waals surface area contributed by atoms with Crippen LogP contribution >= 0.6 is 0 Å². The Bertz CT molecular complexity index is 796. The van der Waals surface area contributed by atoms with Gasteiger partial charge in [-0.05, 0) is 61.9 Å². The highest BCUT2D eigenvalue weighted by Gasteiger charge is 2.24. The Kier molecular flexibility index (Phi) is 6.83. The van der Waals surface area contributed by atoms with Crippen molar-refractivity contribution in [1.29, 1.82) is 0 Å². The van der Waals surface area contributed by atoms with E-state index in [2.05, 4.69) is 38.2 Å². The van der Waals surface area contributed by atoms with Gasteiger partial charge in [0.25, 0.3) is 5.91 Å². The van der Waals surface area contributed by atoms with Gasteiger partial charge in [0.2, 0.25) is 0 Å². The first-order chi connectivity index (χ1) is 12.7. The summed E-state index contributed by atoms with van der Waals surface area (Å²) in [5.74, 6) is 0.303. The lowest BCUT2D eigenvalue weighted by atomic mass is 9.97. The normalized spacial score (nSPS) is 12.1. The van der Waals surface area contributed by atoms with E-state index in [4.69, 9.17) is 9.15 Å². The number of furan rings is 1. The number of amides is 1. The molecule has 0 saturated heterocycles. The molecule has 1 atom stereocenters. The van der Waals surface area contributed by atoms with Crippen LogP contribution in [0.15, 0.2) is 28.7 Å². The summed E-state index contributed by atoms with van der Waals surface area (Å²) in [5, 5.41) is 2.72. The summed E-state index contributed by atoms with van der Waals surface area (Å²) < 4.78 is 10.5. The lowest BCUT2D eigenvalue weighted by Gasteiger charge is -2.17. The third-order valence-corrected chi connectivity index (χ3v) is 4.57. The lowest BCUT2D eigenvalue weighted by molar-refractivity contribution is -0.143. The van der Waals surface area contributed by atoms with Gasteiger partial charge in [-0.25, -0.2) is 4.79 Å². The Labute approximate surface area is 161 Å². The molecule has 1 aromatic carbocycles. The average molecular weight is 371 g/mol. The van der Waals surface area contributed by atoms with Crippen molar-refractivity contribution >= 4 is 11.9 Å². The van der Waals surface area contributed by atoms with Gasteiger partial charge in [0.15, 0.2) is 5.76 Å². The van der Waals surface area contributed by atoms with E-state index in [0.29, 0.717) is 18.6 Å². The molecule has 0 fully saturated rings. The number of carbonyl (C=O) groups excluding carboxylic acids is 2. The predicted octanol–water partition coefficient (Wildman–Crippen LogP) is 4.11. The SMILES string of the molecule is COC(=O)C(CC(C)C)NC(=O)c1ccc(Cc2c(C)cc(C)cc2C)o1. The quantitative estimate of drug-likeness (QED) is 0.744. The first-order valence-electron chi connectivity index (χ1n) is 9.25. The van der Waals surface area contributed by atoms with E-state index in [9.17, 15) is 9.59 Å². The van der Waals surface area contributed by atoms with Gasteiger partial charge in [-0.2, -0.15) is 0 Å². The van der Waals surface area contributed by atoms with Gasteiger partial charge in [0.1, 0.15) is 11.8 Å². The number of ether oxygens (including phenoxy) is 1. The van der Waals surface area contributed by atoms with Crippen molar-refractivity contribution in [2.75, 3.05) is 7.11 Å². The fraction of sp³-hybridized carbons (Fsp3) is 0.455. The van der Waals surface area contributed by atoms with Crippen molar-refractivity contribution in [3.8, 4) is 0 Å². The van der Waals surface area contributed by atoms with E-state index < -0.39 is 17.9 Å². The van der Waals surface area contributed by atoms with Crippen molar-refractivity contribution in [2.24, 2.45) is 5.92 Å². The minimum atomic E-state index is -0.683. The third kappa shape index (κ3) is 5.46. The molecule has 0 radical (unpaired) electrons. The second kappa shape index (κ2) is 8.89. The Hall–Kier alpha value is -2.56. The van der Waals surface area contributed by atoms with Crippen LogP contribution in [-0.4, -0.2) is 25.0 Å². The minimum absolute atomic E-state index is 0.199. The van der Waals surface area contributed by atoms with E-state index in [-0.39, 0.29) is 11.7 Å². The van der Waals surface area contributed by atoms with Crippen LogP contribution in [0.2, 0.25) is 0 Å². The predicted molar refractivity (Wildman–Crippen MR) is 105 cm³/mol. The van der Waals surface area contributed by atoms with Gasteiger partial charge in [-0.15, -0.1) is 0 Å². The van der Waals surface area contributed by atoms with Crippen LogP contribution in [0.25, 0.3) is 0 Å². The summed E-state index contributed by atoms with van der Waals surface area (Å²) in [6, 6.07) is 7.06. The van der Waals surface area contributed by atoms with Crippen LogP contribution in [0, 0.1) is 26.7 Å². The standard InChI is InChI=1S/C22H29NO4/c1-13(2)9-19(22(25)26-6)23-21(24)20-8-7-17(27-20)12-18-15(4)10-14(3)11-16(18)5/h7-8,10-11,13,19H,9,12H2,1-6H3,(H,23,24). The molecule has 1 heterocycles. The minimum Gasteiger partial charge on any atom is -0.467 e. The molecular formula is C22H29NO4. The van der Waals surface area contributed by atoms with Crippen LogP contribution in [-0.2, 0) is 16.0 Å². The number of hydrogen-bond acceptors (Lipinski definition) is 4. The van der Waals surface area contributed by atoms with Gasteiger partial charge >= 0.3 is 5.97 Å². The number of methoxy groups -OCH3 is 1. The lowest BCUT2D eigenvalue weighted by Crippen LogP contribution is -2.42. The average Bonchev–Trinajstić information content (AvgIpc) is 3.05. The zero-order valence-corrected chi connectivity index (χ0v) is 17.0. The number of esters is 1. The molecule has 1 unspecified atom stereocenters. The first kappa shape index (κ1) is 20.7. The number of nitrogens with one attached hydrogen (secondary N) is 1. The maximum absolute atomic E-state index is 12.5. The maximum atomic E-state index is 12.5. The van der Waals surface area contributed by atoms with Crippen LogP contribution in [0.4, 0.5) is 0 Å². The zero-order chi connectivity index (χ0) is 20.1. The third-order valence-electron chi connectivity index (χ3n) is 4.57. The smallest absolute Gasteiger partial charge is 0.328 e. The number of hydrogen-bond donors (Lipinski definition) is 1. The van der Waals surface area contributed by atoms with E-state index in [1.807, 2.05) is 19.9 Å². The monoisotopic (exact) mass is 371 g/mol. The fourth-order valence-electron chi connectivity index (χ4n) is 3.32. The van der Waals surface area contributed by atoms with Crippen molar-refractivity contribution in [3.63, 3.8) is 0 Å². The number of carbonyl (C=O) groups is 2. The first-order valence-corrected chi connectivity index (χ1v) is 9.25. The molecular weight excluding hydrogens is 342 g/mol. The number of aryl methyl sites for hydroxylation is 3. The molecule has 2 rings (SSSR count). The van der Waals surface area contributed by atoms with Crippen LogP contribution in [0.1, 0.15) is 58.8 Å². The summed E-state index contributed by atoms with van der Waals surface area (Å²) in [4.78, 5) is 24.4. The Morgan fingerprint density at radius 3 is 2.30 bits per heavy atom. The maximum Gasteiger partial charge on any atom is 0.328 e. The molecule has 0 saturated carbocycles. The zero-order valence-electron chi connectivity index (χ0n) is 17.0. The molecule has 0 aliphatic heterocycles. The molecule has 1 aromatic heterocycles. The number of rotatable bonds is 7. The van der Waals surface area contributed by atoms with Gasteiger partial charge < -0.3 is 14.5 Å². The fourth-order valence-corrected chi connectivity index (χ4v) is 3.32. The molecule has 0 aliphatic rings. The Morgan fingerprint density at radius 1 is 1.11 bits per heavy atom. The highest BCUT2D eigenvalue weighted by atomic mass is 16.5. The van der Waals surface area contributed by atoms with Crippen LogP contribution in [0.5, 0.6) is 0 Å². The Morgan fingerprint density at radius 2 is 1.74 bits per heavy atom. The van der Waals surface area contributed by atoms with Crippen molar-refractivity contribution in [3.05, 3.63) is 58.0 Å². The molecule has 0 aliphatic carbocycles. The molecule has 146 valence electrons. The largest absolute Gasteiger partial charge is 0.467 e. The van der Waals surface area contributed by atoms with Crippen molar-refractivity contribution in [1.82, 2.24) is 5.32 Å². The van der Waals surface area contributed by atoms with Gasteiger partial charge in [-0.1, -0.05) is 31.5 Å². The van der Waals surface area contributed by atoms with Gasteiger partial charge in [0.05, 0.1) is 7.11 Å². The molecule has 2 aromatic rings. The summed E-state index contributed by atoms with van der Waals surface area (Å²) in [7, 11) is 1.32. The van der Waals surface area contributed by atoms with Crippen LogP contribution < -0.4 is 5.32 Å². The molecule has 5 heteroatoms. The van der Waals surface area contributed by atoms with E-state index in [0.717, 1.165) is 0 Å². The summed E-state index contributed by atoms with van der Waals surface area (Å²) >= 11 is 0. The molecule has 0 bridgehead atoms. The second-order valence-electron chi connectivity index (χ2n) is 7.50. The highest BCUT2D eigenvalue weighted by Crippen LogP contribution is 2.21. The summed E-state index contributed by atoms with van der Waals surface area (Å²) in [6.07, 6.45) is 1.13. The van der Waals surface area contributed by atoms with Crippen LogP contribution in [0.3, 0.4) is 0 Å². The second-order valence-corrected chi connectivity index (χ2v) is 7.50. The Balaban J connectivity index is 2.12. The van der Waals surface area contributed by atoms with E-state index in [1.165, 1.54) is 29.4 Å².